The van der Waals surface area contributed by atoms with Crippen molar-refractivity contribution in [2.75, 3.05) is 0 Å². The standard InChI is InChI=1S/2C30H50.C2H4O2/c2*1-19-10-12-21-16-28(19,24(21,3)4)27(9)15-14-23-18-30(27,26(23,7)8)29-17-22(25(29,5)6)13-11-20(29)2;1-2(3)4/h2*19-23H,10-18H2,1-9H3;1H3,(H,3,4). The number of aliphatic carboxylic acids is 1. The van der Waals surface area contributed by atoms with Crippen LogP contribution in [0.4, 0.5) is 0 Å². The maximum absolute atomic E-state index is 9.00. The van der Waals surface area contributed by atoms with Crippen molar-refractivity contribution in [3.05, 3.63) is 0 Å². The minimum absolute atomic E-state index is 0.506. The van der Waals surface area contributed by atoms with Crippen LogP contribution < -0.4 is 0 Å². The molecule has 0 aliphatic heterocycles. The largest absolute Gasteiger partial charge is 0.481 e. The van der Waals surface area contributed by atoms with E-state index in [1.807, 2.05) is 0 Å². The second kappa shape index (κ2) is 13.1. The molecular weight excluding hydrogens is 777 g/mol. The number of carbonyl (C=O) groups is 1. The van der Waals surface area contributed by atoms with E-state index < -0.39 is 5.97 Å². The molecule has 18 saturated carbocycles. The molecule has 18 aliphatic carbocycles. The van der Waals surface area contributed by atoms with Crippen LogP contribution in [0.2, 0.25) is 0 Å². The van der Waals surface area contributed by atoms with Gasteiger partial charge >= 0.3 is 0 Å². The average Bonchev–Trinajstić information content (AvgIpc) is 3.20. The van der Waals surface area contributed by atoms with Crippen molar-refractivity contribution in [1.82, 2.24) is 0 Å². The highest BCUT2D eigenvalue weighted by molar-refractivity contribution is 5.63. The zero-order valence-electron chi connectivity index (χ0n) is 45.9. The quantitative estimate of drug-likeness (QED) is 0.305. The first-order valence-corrected chi connectivity index (χ1v) is 28.5. The van der Waals surface area contributed by atoms with E-state index in [-0.39, 0.29) is 0 Å². The Hall–Kier alpha value is -0.530. The van der Waals surface area contributed by atoms with Gasteiger partial charge in [-0.1, -0.05) is 125 Å². The molecule has 0 aromatic carbocycles. The third kappa shape index (κ3) is 4.27. The molecule has 0 amide bonds. The minimum Gasteiger partial charge on any atom is -0.481 e. The Bertz CT molecular complexity index is 1810. The van der Waals surface area contributed by atoms with E-state index in [4.69, 9.17) is 9.90 Å². The summed E-state index contributed by atoms with van der Waals surface area (Å²) >= 11 is 0. The zero-order chi connectivity index (χ0) is 47.1. The summed E-state index contributed by atoms with van der Waals surface area (Å²) in [5.41, 5.74) is 7.56. The van der Waals surface area contributed by atoms with Crippen molar-refractivity contribution in [3.63, 3.8) is 0 Å². The van der Waals surface area contributed by atoms with Crippen molar-refractivity contribution in [3.8, 4) is 0 Å². The van der Waals surface area contributed by atoms with Crippen molar-refractivity contribution in [2.45, 2.75) is 247 Å². The zero-order valence-corrected chi connectivity index (χ0v) is 45.9. The maximum atomic E-state index is 9.00. The molecule has 0 heterocycles. The molecule has 2 heteroatoms. The van der Waals surface area contributed by atoms with Crippen molar-refractivity contribution < 1.29 is 9.90 Å². The first kappa shape index (κ1) is 47.2. The summed E-state index contributed by atoms with van der Waals surface area (Å²) in [6.45, 7) is 50.4. The fourth-order valence-electron chi connectivity index (χ4n) is 27.9. The van der Waals surface area contributed by atoms with E-state index in [2.05, 4.69) is 125 Å². The van der Waals surface area contributed by atoms with Crippen LogP contribution in [-0.4, -0.2) is 11.1 Å². The van der Waals surface area contributed by atoms with Crippen LogP contribution in [0.15, 0.2) is 0 Å². The van der Waals surface area contributed by atoms with Gasteiger partial charge in [-0.05, 0) is 251 Å². The topological polar surface area (TPSA) is 37.3 Å². The van der Waals surface area contributed by atoms with Crippen LogP contribution in [0, 0.1) is 135 Å². The molecule has 364 valence electrons. The number of carboxylic acid groups (broad SMARTS) is 1. The Labute approximate surface area is 396 Å². The summed E-state index contributed by atoms with van der Waals surface area (Å²) in [5.74, 6) is 8.73. The minimum atomic E-state index is -0.833. The Morgan fingerprint density at radius 3 is 0.766 bits per heavy atom. The average molecular weight is 882 g/mol. The van der Waals surface area contributed by atoms with Crippen LogP contribution in [0.25, 0.3) is 0 Å². The third-order valence-electron chi connectivity index (χ3n) is 30.8. The van der Waals surface area contributed by atoms with Crippen LogP contribution in [0.3, 0.4) is 0 Å². The molecule has 0 saturated heterocycles. The molecule has 18 rings (SSSR count). The number of hydrogen-bond donors (Lipinski definition) is 1. The SMILES string of the molecule is CC(=O)O.CC1CCC2CC1(C1(C)CCC3CC1(C14CC(CCC1C)C4(C)C)C3(C)C)C2(C)C.CC1CCC2CC1(C1(C)CCC3CC1(C14CC(CCC1C)C4(C)C)C3(C)C)C2(C)C. The summed E-state index contributed by atoms with van der Waals surface area (Å²) in [4.78, 5) is 9.00. The lowest BCUT2D eigenvalue weighted by Crippen LogP contribution is -2.86. The van der Waals surface area contributed by atoms with Crippen LogP contribution in [0.5, 0.6) is 0 Å². The van der Waals surface area contributed by atoms with Gasteiger partial charge in [0.1, 0.15) is 0 Å². The molecule has 0 radical (unpaired) electrons. The van der Waals surface area contributed by atoms with E-state index in [1.165, 1.54) is 77.0 Å². The van der Waals surface area contributed by atoms with Gasteiger partial charge < -0.3 is 5.11 Å². The molecule has 64 heavy (non-hydrogen) atoms. The van der Waals surface area contributed by atoms with Gasteiger partial charge in [-0.2, -0.15) is 0 Å². The fraction of sp³-hybridized carbons (Fsp3) is 0.984. The molecule has 0 aromatic heterocycles. The van der Waals surface area contributed by atoms with Gasteiger partial charge in [0.2, 0.25) is 0 Å². The normalized spacial score (nSPS) is 57.9. The van der Waals surface area contributed by atoms with Gasteiger partial charge in [-0.25, -0.2) is 0 Å². The molecule has 18 unspecified atom stereocenters. The Balaban J connectivity index is 0.000000140. The molecule has 0 spiro atoms. The summed E-state index contributed by atoms with van der Waals surface area (Å²) in [5, 5.41) is 7.42. The van der Waals surface area contributed by atoms with Crippen molar-refractivity contribution >= 4 is 5.97 Å². The van der Waals surface area contributed by atoms with Gasteiger partial charge in [-0.3, -0.25) is 4.79 Å². The van der Waals surface area contributed by atoms with Gasteiger partial charge in [0.15, 0.2) is 0 Å². The number of rotatable bonds is 4. The molecule has 18 atom stereocenters. The fourth-order valence-corrected chi connectivity index (χ4v) is 27.9. The summed E-state index contributed by atoms with van der Waals surface area (Å²) < 4.78 is 0. The molecule has 2 nitrogen and oxygen atoms in total. The van der Waals surface area contributed by atoms with E-state index >= 15 is 0 Å². The van der Waals surface area contributed by atoms with Crippen LogP contribution in [0.1, 0.15) is 247 Å². The monoisotopic (exact) mass is 881 g/mol. The van der Waals surface area contributed by atoms with Gasteiger partial charge in [0, 0.05) is 6.92 Å². The maximum Gasteiger partial charge on any atom is 0.300 e. The highest BCUT2D eigenvalue weighted by atomic mass is 16.4. The van der Waals surface area contributed by atoms with Gasteiger partial charge in [-0.15, -0.1) is 0 Å². The van der Waals surface area contributed by atoms with Gasteiger partial charge in [0.05, 0.1) is 0 Å². The van der Waals surface area contributed by atoms with Crippen LogP contribution in [-0.2, 0) is 4.79 Å². The first-order chi connectivity index (χ1) is 29.3. The summed E-state index contributed by atoms with van der Waals surface area (Å²) in [6.07, 6.45) is 27.4. The molecule has 0 aromatic rings. The third-order valence-corrected chi connectivity index (χ3v) is 30.8. The number of hydrogen-bond acceptors (Lipinski definition) is 1. The van der Waals surface area contributed by atoms with Crippen LogP contribution >= 0.6 is 0 Å². The van der Waals surface area contributed by atoms with Crippen molar-refractivity contribution in [2.24, 2.45) is 135 Å². The molecule has 18 aliphatic rings. The van der Waals surface area contributed by atoms with E-state index in [0.29, 0.717) is 75.8 Å². The van der Waals surface area contributed by atoms with Crippen molar-refractivity contribution in [1.29, 1.82) is 0 Å². The lowest BCUT2D eigenvalue weighted by Gasteiger charge is -2.92. The highest BCUT2D eigenvalue weighted by Crippen LogP contribution is 2.97. The summed E-state index contributed by atoms with van der Waals surface area (Å²) in [7, 11) is 0. The lowest BCUT2D eigenvalue weighted by atomic mass is 9.12. The second-order valence-corrected chi connectivity index (χ2v) is 31.6. The molecule has 12 bridgehead atoms. The summed E-state index contributed by atoms with van der Waals surface area (Å²) in [6, 6.07) is 0. The molecule has 1 N–H and O–H groups in total. The van der Waals surface area contributed by atoms with E-state index in [9.17, 15) is 0 Å². The highest BCUT2D eigenvalue weighted by Gasteiger charge is 2.91. The number of fused-ring (bicyclic) bond motifs is 12. The second-order valence-electron chi connectivity index (χ2n) is 31.6. The smallest absolute Gasteiger partial charge is 0.300 e. The Kier molecular flexibility index (Phi) is 9.62. The Morgan fingerprint density at radius 1 is 0.344 bits per heavy atom. The molecule has 18 fully saturated rings. The van der Waals surface area contributed by atoms with E-state index in [0.717, 1.165) is 66.1 Å². The lowest BCUT2D eigenvalue weighted by molar-refractivity contribution is -0.441. The predicted octanol–water partition coefficient (Wildman–Crippen LogP) is 17.6. The van der Waals surface area contributed by atoms with E-state index in [1.54, 1.807) is 38.5 Å². The van der Waals surface area contributed by atoms with Gasteiger partial charge in [0.25, 0.3) is 5.97 Å². The predicted molar refractivity (Wildman–Crippen MR) is 268 cm³/mol. The Morgan fingerprint density at radius 2 is 0.562 bits per heavy atom. The molecular formula is C62H104O2. The first-order valence-electron chi connectivity index (χ1n) is 28.5. The number of carboxylic acids is 1.